The van der Waals surface area contributed by atoms with Crippen LogP contribution in [0.3, 0.4) is 0 Å². The van der Waals surface area contributed by atoms with Crippen molar-refractivity contribution in [2.75, 3.05) is 6.54 Å². The third kappa shape index (κ3) is 3.70. The Morgan fingerprint density at radius 3 is 2.59 bits per heavy atom. The van der Waals surface area contributed by atoms with Crippen LogP contribution in [0, 0.1) is 11.3 Å². The van der Waals surface area contributed by atoms with Gasteiger partial charge in [0, 0.05) is 12.6 Å². The van der Waals surface area contributed by atoms with E-state index in [0.717, 1.165) is 12.8 Å². The van der Waals surface area contributed by atoms with E-state index in [1.54, 1.807) is 0 Å². The van der Waals surface area contributed by atoms with Gasteiger partial charge in [-0.05, 0) is 32.1 Å². The zero-order chi connectivity index (χ0) is 12.9. The number of nitrogens with one attached hydrogen (secondary N) is 1. The minimum Gasteiger partial charge on any atom is -0.353 e. The Kier molecular flexibility index (Phi) is 5.44. The molecular weight excluding hydrogens is 212 g/mol. The Morgan fingerprint density at radius 2 is 2.00 bits per heavy atom. The number of amides is 1. The average molecular weight is 240 g/mol. The lowest BCUT2D eigenvalue weighted by Crippen LogP contribution is -2.49. The number of nitrogens with two attached hydrogens (primary N) is 1. The number of carbonyl (C=O) groups excluding carboxylic acids is 1. The summed E-state index contributed by atoms with van der Waals surface area (Å²) in [6.07, 6.45) is 7.00. The van der Waals surface area contributed by atoms with Gasteiger partial charge in [-0.2, -0.15) is 0 Å². The minimum absolute atomic E-state index is 0.140. The summed E-state index contributed by atoms with van der Waals surface area (Å²) in [7, 11) is 0. The molecule has 0 bridgehead atoms. The van der Waals surface area contributed by atoms with Crippen LogP contribution in [0.2, 0.25) is 0 Å². The van der Waals surface area contributed by atoms with Crippen LogP contribution in [0.15, 0.2) is 0 Å². The van der Waals surface area contributed by atoms with Crippen molar-refractivity contribution in [1.82, 2.24) is 5.32 Å². The van der Waals surface area contributed by atoms with Crippen molar-refractivity contribution < 1.29 is 4.79 Å². The topological polar surface area (TPSA) is 55.1 Å². The fourth-order valence-electron chi connectivity index (χ4n) is 2.45. The smallest absolute Gasteiger partial charge is 0.227 e. The molecule has 17 heavy (non-hydrogen) atoms. The van der Waals surface area contributed by atoms with Gasteiger partial charge < -0.3 is 11.1 Å². The zero-order valence-corrected chi connectivity index (χ0v) is 11.6. The predicted octanol–water partition coefficient (Wildman–Crippen LogP) is 2.45. The van der Waals surface area contributed by atoms with E-state index in [1.807, 2.05) is 13.8 Å². The van der Waals surface area contributed by atoms with E-state index in [-0.39, 0.29) is 5.91 Å². The lowest BCUT2D eigenvalue weighted by Gasteiger charge is -2.30. The number of hydrogen-bond acceptors (Lipinski definition) is 2. The molecule has 3 unspecified atom stereocenters. The van der Waals surface area contributed by atoms with Crippen molar-refractivity contribution in [1.29, 1.82) is 0 Å². The maximum atomic E-state index is 12.3. The molecule has 1 amide bonds. The Balaban J connectivity index is 2.59. The fourth-order valence-corrected chi connectivity index (χ4v) is 2.45. The number of hydrogen-bond donors (Lipinski definition) is 2. The first kappa shape index (κ1) is 14.5. The summed E-state index contributed by atoms with van der Waals surface area (Å²) in [5, 5.41) is 3.23. The molecule has 1 rings (SSSR count). The highest BCUT2D eigenvalue weighted by Gasteiger charge is 2.32. The van der Waals surface area contributed by atoms with Crippen molar-refractivity contribution in [3.63, 3.8) is 0 Å². The molecule has 100 valence electrons. The molecule has 0 aromatic heterocycles. The largest absolute Gasteiger partial charge is 0.353 e. The second kappa shape index (κ2) is 6.39. The lowest BCUT2D eigenvalue weighted by molar-refractivity contribution is -0.131. The third-order valence-corrected chi connectivity index (χ3v) is 4.46. The molecule has 1 saturated carbocycles. The van der Waals surface area contributed by atoms with Gasteiger partial charge in [0.1, 0.15) is 0 Å². The van der Waals surface area contributed by atoms with Gasteiger partial charge in [-0.1, -0.05) is 33.1 Å². The number of rotatable bonds is 4. The molecule has 0 heterocycles. The van der Waals surface area contributed by atoms with Gasteiger partial charge in [-0.25, -0.2) is 0 Å². The average Bonchev–Trinajstić information content (AvgIpc) is 2.54. The highest BCUT2D eigenvalue weighted by atomic mass is 16.2. The van der Waals surface area contributed by atoms with Crippen molar-refractivity contribution in [2.24, 2.45) is 17.1 Å². The minimum atomic E-state index is -0.397. The first-order valence-corrected chi connectivity index (χ1v) is 7.04. The maximum Gasteiger partial charge on any atom is 0.227 e. The summed E-state index contributed by atoms with van der Waals surface area (Å²) in [6.45, 7) is 6.67. The summed E-state index contributed by atoms with van der Waals surface area (Å²) in [6, 6.07) is 0.349. The molecule has 3 heteroatoms. The molecule has 0 radical (unpaired) electrons. The monoisotopic (exact) mass is 240 g/mol. The summed E-state index contributed by atoms with van der Waals surface area (Å²) in [4.78, 5) is 12.3. The van der Waals surface area contributed by atoms with E-state index >= 15 is 0 Å². The second-order valence-electron chi connectivity index (χ2n) is 5.81. The van der Waals surface area contributed by atoms with Crippen LogP contribution in [0.4, 0.5) is 0 Å². The fraction of sp³-hybridized carbons (Fsp3) is 0.929. The third-order valence-electron chi connectivity index (χ3n) is 4.46. The van der Waals surface area contributed by atoms with E-state index in [2.05, 4.69) is 12.2 Å². The van der Waals surface area contributed by atoms with E-state index in [1.165, 1.54) is 25.7 Å². The van der Waals surface area contributed by atoms with E-state index in [4.69, 9.17) is 5.73 Å². The first-order valence-electron chi connectivity index (χ1n) is 7.04. The molecule has 1 aliphatic carbocycles. The highest BCUT2D eigenvalue weighted by Crippen LogP contribution is 2.25. The standard InChI is InChI=1S/C14H28N2O/c1-4-14(3,10-15)13(17)16-12-9-7-5-6-8-11(12)2/h11-12H,4-10,15H2,1-3H3,(H,16,17). The summed E-state index contributed by atoms with van der Waals surface area (Å²) in [5.74, 6) is 0.738. The molecule has 0 spiro atoms. The van der Waals surface area contributed by atoms with Crippen molar-refractivity contribution in [3.8, 4) is 0 Å². The van der Waals surface area contributed by atoms with Gasteiger partial charge in [-0.3, -0.25) is 4.79 Å². The van der Waals surface area contributed by atoms with Crippen molar-refractivity contribution in [3.05, 3.63) is 0 Å². The number of carbonyl (C=O) groups is 1. The predicted molar refractivity (Wildman–Crippen MR) is 71.6 cm³/mol. The van der Waals surface area contributed by atoms with Gasteiger partial charge in [0.15, 0.2) is 0 Å². The van der Waals surface area contributed by atoms with E-state index in [9.17, 15) is 4.79 Å². The zero-order valence-electron chi connectivity index (χ0n) is 11.6. The maximum absolute atomic E-state index is 12.3. The van der Waals surface area contributed by atoms with Gasteiger partial charge in [0.05, 0.1) is 5.41 Å². The molecular formula is C14H28N2O. The Hall–Kier alpha value is -0.570. The molecule has 0 aliphatic heterocycles. The van der Waals surface area contributed by atoms with Gasteiger partial charge in [-0.15, -0.1) is 0 Å². The Labute approximate surface area is 106 Å². The van der Waals surface area contributed by atoms with Gasteiger partial charge in [0.2, 0.25) is 5.91 Å². The molecule has 0 aromatic carbocycles. The van der Waals surface area contributed by atoms with E-state index in [0.29, 0.717) is 18.5 Å². The molecule has 1 fully saturated rings. The van der Waals surface area contributed by atoms with E-state index < -0.39 is 5.41 Å². The molecule has 3 nitrogen and oxygen atoms in total. The van der Waals surface area contributed by atoms with Gasteiger partial charge >= 0.3 is 0 Å². The Morgan fingerprint density at radius 1 is 1.35 bits per heavy atom. The molecule has 1 aliphatic rings. The highest BCUT2D eigenvalue weighted by molar-refractivity contribution is 5.82. The van der Waals surface area contributed by atoms with Crippen molar-refractivity contribution >= 4 is 5.91 Å². The summed E-state index contributed by atoms with van der Waals surface area (Å²) >= 11 is 0. The molecule has 3 atom stereocenters. The summed E-state index contributed by atoms with van der Waals surface area (Å²) < 4.78 is 0. The van der Waals surface area contributed by atoms with Crippen LogP contribution in [0.1, 0.15) is 59.3 Å². The molecule has 3 N–H and O–H groups in total. The van der Waals surface area contributed by atoms with Crippen LogP contribution >= 0.6 is 0 Å². The molecule has 0 aromatic rings. The molecule has 0 saturated heterocycles. The quantitative estimate of drug-likeness (QED) is 0.742. The second-order valence-corrected chi connectivity index (χ2v) is 5.81. The normalized spacial score (nSPS) is 29.2. The van der Waals surface area contributed by atoms with Crippen LogP contribution in [0.5, 0.6) is 0 Å². The van der Waals surface area contributed by atoms with Crippen LogP contribution < -0.4 is 11.1 Å². The van der Waals surface area contributed by atoms with Gasteiger partial charge in [0.25, 0.3) is 0 Å². The van der Waals surface area contributed by atoms with Crippen LogP contribution in [-0.4, -0.2) is 18.5 Å². The van der Waals surface area contributed by atoms with Crippen LogP contribution in [0.25, 0.3) is 0 Å². The van der Waals surface area contributed by atoms with Crippen LogP contribution in [-0.2, 0) is 4.79 Å². The first-order chi connectivity index (χ1) is 8.03. The SMILES string of the molecule is CCC(C)(CN)C(=O)NC1CCCCCC1C. The Bertz CT molecular complexity index is 249. The lowest BCUT2D eigenvalue weighted by atomic mass is 9.85. The summed E-state index contributed by atoms with van der Waals surface area (Å²) in [5.41, 5.74) is 5.33. The van der Waals surface area contributed by atoms with Crippen molar-refractivity contribution in [2.45, 2.75) is 65.3 Å².